The monoisotopic (exact) mass is 228 g/mol. The molecule has 3 atom stereocenters. The van der Waals surface area contributed by atoms with Crippen molar-refractivity contribution in [2.75, 3.05) is 6.54 Å². The van der Waals surface area contributed by atoms with Crippen molar-refractivity contribution in [2.24, 2.45) is 5.92 Å². The Morgan fingerprint density at radius 2 is 2.25 bits per heavy atom. The standard InChI is InChI=1S/C11H20N2O3/c1-3-7(2)9(11(15)16)13-10(14)8-5-4-6-12-8/h7-9,12H,3-6H2,1-2H3,(H,13,14)(H,15,16)/t7-,8?,9-/m0/s1. The number of hydrogen-bond donors (Lipinski definition) is 3. The van der Waals surface area contributed by atoms with Crippen molar-refractivity contribution in [1.29, 1.82) is 0 Å². The van der Waals surface area contributed by atoms with Crippen molar-refractivity contribution in [3.05, 3.63) is 0 Å². The predicted octanol–water partition coefficient (Wildman–Crippen LogP) is 0.354. The van der Waals surface area contributed by atoms with Gasteiger partial charge in [-0.25, -0.2) is 4.79 Å². The van der Waals surface area contributed by atoms with Crippen LogP contribution < -0.4 is 10.6 Å². The first-order chi connectivity index (χ1) is 7.56. The summed E-state index contributed by atoms with van der Waals surface area (Å²) >= 11 is 0. The minimum Gasteiger partial charge on any atom is -0.480 e. The number of aliphatic carboxylic acids is 1. The molecule has 1 amide bonds. The molecule has 16 heavy (non-hydrogen) atoms. The van der Waals surface area contributed by atoms with E-state index in [2.05, 4.69) is 10.6 Å². The zero-order chi connectivity index (χ0) is 12.1. The van der Waals surface area contributed by atoms with E-state index in [0.717, 1.165) is 25.8 Å². The quantitative estimate of drug-likeness (QED) is 0.634. The molecule has 0 aromatic rings. The van der Waals surface area contributed by atoms with Gasteiger partial charge in [0.05, 0.1) is 6.04 Å². The number of carbonyl (C=O) groups is 2. The maximum absolute atomic E-state index is 11.7. The van der Waals surface area contributed by atoms with Gasteiger partial charge >= 0.3 is 5.97 Å². The van der Waals surface area contributed by atoms with E-state index in [0.29, 0.717) is 0 Å². The third-order valence-corrected chi connectivity index (χ3v) is 3.15. The van der Waals surface area contributed by atoms with Gasteiger partial charge in [0.15, 0.2) is 0 Å². The van der Waals surface area contributed by atoms with Crippen LogP contribution in [0.3, 0.4) is 0 Å². The SMILES string of the molecule is CC[C@H](C)[C@H](NC(=O)C1CCCN1)C(=O)O. The minimum atomic E-state index is -0.958. The number of carbonyl (C=O) groups excluding carboxylic acids is 1. The average molecular weight is 228 g/mol. The van der Waals surface area contributed by atoms with Gasteiger partial charge in [0.25, 0.3) is 0 Å². The molecule has 1 unspecified atom stereocenters. The van der Waals surface area contributed by atoms with Crippen molar-refractivity contribution in [2.45, 2.75) is 45.2 Å². The normalized spacial score (nSPS) is 23.8. The summed E-state index contributed by atoms with van der Waals surface area (Å²) in [6.07, 6.45) is 2.49. The van der Waals surface area contributed by atoms with Crippen molar-refractivity contribution in [3.8, 4) is 0 Å². The predicted molar refractivity (Wildman–Crippen MR) is 60.0 cm³/mol. The third-order valence-electron chi connectivity index (χ3n) is 3.15. The van der Waals surface area contributed by atoms with Gasteiger partial charge in [-0.1, -0.05) is 20.3 Å². The van der Waals surface area contributed by atoms with Gasteiger partial charge in [-0.05, 0) is 25.3 Å². The number of hydrogen-bond acceptors (Lipinski definition) is 3. The molecule has 0 bridgehead atoms. The average Bonchev–Trinajstić information content (AvgIpc) is 2.77. The molecule has 5 heteroatoms. The van der Waals surface area contributed by atoms with Crippen LogP contribution in [0.2, 0.25) is 0 Å². The third kappa shape index (κ3) is 3.20. The van der Waals surface area contributed by atoms with E-state index in [9.17, 15) is 9.59 Å². The molecule has 1 saturated heterocycles. The zero-order valence-corrected chi connectivity index (χ0v) is 9.82. The fourth-order valence-corrected chi connectivity index (χ4v) is 1.85. The molecule has 1 heterocycles. The largest absolute Gasteiger partial charge is 0.480 e. The highest BCUT2D eigenvalue weighted by atomic mass is 16.4. The topological polar surface area (TPSA) is 78.4 Å². The number of carboxylic acid groups (broad SMARTS) is 1. The Hall–Kier alpha value is -1.10. The highest BCUT2D eigenvalue weighted by molar-refractivity contribution is 5.87. The molecular formula is C11H20N2O3. The van der Waals surface area contributed by atoms with E-state index < -0.39 is 12.0 Å². The molecule has 1 fully saturated rings. The Morgan fingerprint density at radius 1 is 1.56 bits per heavy atom. The summed E-state index contributed by atoms with van der Waals surface area (Å²) in [5, 5.41) is 14.7. The van der Waals surface area contributed by atoms with E-state index in [1.165, 1.54) is 0 Å². The number of amides is 1. The maximum Gasteiger partial charge on any atom is 0.326 e. The molecular weight excluding hydrogens is 208 g/mol. The second kappa shape index (κ2) is 5.84. The minimum absolute atomic E-state index is 0.0529. The first-order valence-corrected chi connectivity index (χ1v) is 5.82. The Bertz CT molecular complexity index is 262. The molecule has 0 saturated carbocycles. The Morgan fingerprint density at radius 3 is 2.69 bits per heavy atom. The van der Waals surface area contributed by atoms with E-state index >= 15 is 0 Å². The van der Waals surface area contributed by atoms with E-state index in [4.69, 9.17) is 5.11 Å². The van der Waals surface area contributed by atoms with E-state index in [1.807, 2.05) is 13.8 Å². The molecule has 1 rings (SSSR count). The summed E-state index contributed by atoms with van der Waals surface area (Å²) in [5.41, 5.74) is 0. The molecule has 1 aliphatic rings. The smallest absolute Gasteiger partial charge is 0.326 e. The summed E-state index contributed by atoms with van der Waals surface area (Å²) in [5.74, 6) is -1.20. The van der Waals surface area contributed by atoms with Crippen LogP contribution in [0, 0.1) is 5.92 Å². The van der Waals surface area contributed by atoms with Crippen molar-refractivity contribution in [1.82, 2.24) is 10.6 Å². The lowest BCUT2D eigenvalue weighted by atomic mass is 9.99. The van der Waals surface area contributed by atoms with Crippen molar-refractivity contribution >= 4 is 11.9 Å². The van der Waals surface area contributed by atoms with Gasteiger partial charge in [0.1, 0.15) is 6.04 Å². The van der Waals surface area contributed by atoms with Gasteiger partial charge in [-0.15, -0.1) is 0 Å². The summed E-state index contributed by atoms with van der Waals surface area (Å²) in [4.78, 5) is 22.8. The summed E-state index contributed by atoms with van der Waals surface area (Å²) in [6.45, 7) is 4.58. The van der Waals surface area contributed by atoms with Crippen LogP contribution in [0.4, 0.5) is 0 Å². The highest BCUT2D eigenvalue weighted by Gasteiger charge is 2.29. The van der Waals surface area contributed by atoms with Crippen LogP contribution in [0.25, 0.3) is 0 Å². The number of rotatable bonds is 5. The van der Waals surface area contributed by atoms with E-state index in [-0.39, 0.29) is 17.9 Å². The number of carboxylic acids is 1. The maximum atomic E-state index is 11.7. The highest BCUT2D eigenvalue weighted by Crippen LogP contribution is 2.10. The van der Waals surface area contributed by atoms with Crippen LogP contribution >= 0.6 is 0 Å². The van der Waals surface area contributed by atoms with Gasteiger partial charge in [0, 0.05) is 0 Å². The van der Waals surface area contributed by atoms with E-state index in [1.54, 1.807) is 0 Å². The summed E-state index contributed by atoms with van der Waals surface area (Å²) < 4.78 is 0. The zero-order valence-electron chi connectivity index (χ0n) is 9.82. The van der Waals surface area contributed by atoms with Gasteiger partial charge in [-0.3, -0.25) is 4.79 Å². The van der Waals surface area contributed by atoms with Crippen LogP contribution in [0.15, 0.2) is 0 Å². The molecule has 3 N–H and O–H groups in total. The lowest BCUT2D eigenvalue weighted by Crippen LogP contribution is -2.50. The van der Waals surface area contributed by atoms with Gasteiger partial charge < -0.3 is 15.7 Å². The first-order valence-electron chi connectivity index (χ1n) is 5.82. The Kier molecular flexibility index (Phi) is 4.73. The molecule has 0 aromatic heterocycles. The van der Waals surface area contributed by atoms with Crippen molar-refractivity contribution < 1.29 is 14.7 Å². The fraction of sp³-hybridized carbons (Fsp3) is 0.818. The Labute approximate surface area is 95.6 Å². The van der Waals surface area contributed by atoms with Crippen LogP contribution in [0.1, 0.15) is 33.1 Å². The molecule has 0 aromatic carbocycles. The second-order valence-electron chi connectivity index (χ2n) is 4.36. The fourth-order valence-electron chi connectivity index (χ4n) is 1.85. The summed E-state index contributed by atoms with van der Waals surface area (Å²) in [6, 6.07) is -0.995. The number of nitrogens with one attached hydrogen (secondary N) is 2. The molecule has 92 valence electrons. The van der Waals surface area contributed by atoms with Gasteiger partial charge in [0.2, 0.25) is 5.91 Å². The molecule has 1 aliphatic heterocycles. The molecule has 5 nitrogen and oxygen atoms in total. The second-order valence-corrected chi connectivity index (χ2v) is 4.36. The molecule has 0 spiro atoms. The molecule has 0 aliphatic carbocycles. The van der Waals surface area contributed by atoms with Crippen LogP contribution in [0.5, 0.6) is 0 Å². The lowest BCUT2D eigenvalue weighted by molar-refractivity contribution is -0.143. The lowest BCUT2D eigenvalue weighted by Gasteiger charge is -2.22. The van der Waals surface area contributed by atoms with Gasteiger partial charge in [-0.2, -0.15) is 0 Å². The molecule has 0 radical (unpaired) electrons. The van der Waals surface area contributed by atoms with Crippen LogP contribution in [-0.4, -0.2) is 35.6 Å². The Balaban J connectivity index is 2.53. The van der Waals surface area contributed by atoms with Crippen molar-refractivity contribution in [3.63, 3.8) is 0 Å². The first kappa shape index (κ1) is 13.0. The summed E-state index contributed by atoms with van der Waals surface area (Å²) in [7, 11) is 0. The van der Waals surface area contributed by atoms with Crippen LogP contribution in [-0.2, 0) is 9.59 Å².